The van der Waals surface area contributed by atoms with E-state index in [0.717, 1.165) is 33.3 Å². The number of thiocarbonyl (C=S) groups is 1. The number of nitrogens with one attached hydrogen (secondary N) is 2. The van der Waals surface area contributed by atoms with E-state index in [1.165, 1.54) is 11.1 Å². The molecule has 0 spiro atoms. The van der Waals surface area contributed by atoms with Gasteiger partial charge in [-0.1, -0.05) is 53.6 Å². The number of aryl methyl sites for hydroxylation is 2. The van der Waals surface area contributed by atoms with Crippen LogP contribution >= 0.6 is 23.8 Å². The average Bonchev–Trinajstić information content (AvgIpc) is 3.29. The summed E-state index contributed by atoms with van der Waals surface area (Å²) >= 11 is 11.6. The molecule has 32 heavy (non-hydrogen) atoms. The zero-order chi connectivity index (χ0) is 22.7. The molecule has 8 heteroatoms. The van der Waals surface area contributed by atoms with Crippen LogP contribution in [0.3, 0.4) is 0 Å². The van der Waals surface area contributed by atoms with Crippen LogP contribution in [0.1, 0.15) is 28.1 Å². The standard InChI is InChI=1S/C24H25ClN6S/c1-16-7-9-19(10-8-16)13-30-15-22(12-26-30)27-24(32)28-23-17(2)29-31(18(23)3)14-20-5-4-6-21(25)11-20/h4-12,15H,13-14H2,1-3H3,(H2,27,28,32). The Morgan fingerprint density at radius 1 is 1.00 bits per heavy atom. The van der Waals surface area contributed by atoms with Gasteiger partial charge in [0.15, 0.2) is 5.11 Å². The molecular formula is C24H25ClN6S. The van der Waals surface area contributed by atoms with Crippen molar-refractivity contribution in [2.75, 3.05) is 10.6 Å². The average molecular weight is 465 g/mol. The zero-order valence-electron chi connectivity index (χ0n) is 18.3. The summed E-state index contributed by atoms with van der Waals surface area (Å²) in [5, 5.41) is 16.8. The molecule has 0 saturated heterocycles. The van der Waals surface area contributed by atoms with Gasteiger partial charge < -0.3 is 10.6 Å². The van der Waals surface area contributed by atoms with Crippen LogP contribution in [0, 0.1) is 20.8 Å². The molecule has 164 valence electrons. The summed E-state index contributed by atoms with van der Waals surface area (Å²) in [6.45, 7) is 7.41. The SMILES string of the molecule is Cc1ccc(Cn2cc(NC(=S)Nc3c(C)nn(Cc4cccc(Cl)c4)c3C)cn2)cc1. The van der Waals surface area contributed by atoms with Gasteiger partial charge >= 0.3 is 0 Å². The minimum absolute atomic E-state index is 0.494. The number of hydrogen-bond donors (Lipinski definition) is 2. The second-order valence-corrected chi connectivity index (χ2v) is 8.67. The van der Waals surface area contributed by atoms with E-state index in [1.807, 2.05) is 53.7 Å². The molecule has 0 amide bonds. The molecule has 6 nitrogen and oxygen atoms in total. The lowest BCUT2D eigenvalue weighted by molar-refractivity contribution is 0.659. The highest BCUT2D eigenvalue weighted by Crippen LogP contribution is 2.22. The predicted molar refractivity (Wildman–Crippen MR) is 135 cm³/mol. The largest absolute Gasteiger partial charge is 0.330 e. The molecule has 2 aromatic heterocycles. The quantitative estimate of drug-likeness (QED) is 0.365. The molecule has 0 aliphatic heterocycles. The fraction of sp³-hybridized carbons (Fsp3) is 0.208. The van der Waals surface area contributed by atoms with Gasteiger partial charge in [-0.25, -0.2) is 0 Å². The van der Waals surface area contributed by atoms with Gasteiger partial charge in [-0.2, -0.15) is 10.2 Å². The van der Waals surface area contributed by atoms with Crippen LogP contribution in [0.5, 0.6) is 0 Å². The third kappa shape index (κ3) is 5.36. The summed E-state index contributed by atoms with van der Waals surface area (Å²) in [6.07, 6.45) is 3.71. The Labute approximate surface area is 198 Å². The van der Waals surface area contributed by atoms with E-state index in [2.05, 4.69) is 52.0 Å². The van der Waals surface area contributed by atoms with Crippen molar-refractivity contribution < 1.29 is 0 Å². The van der Waals surface area contributed by atoms with Gasteiger partial charge in [0.1, 0.15) is 0 Å². The number of anilines is 2. The first-order valence-electron chi connectivity index (χ1n) is 10.3. The first-order chi connectivity index (χ1) is 15.4. The number of rotatable bonds is 6. The Kier molecular flexibility index (Phi) is 6.58. The van der Waals surface area contributed by atoms with Gasteiger partial charge in [0.05, 0.1) is 42.0 Å². The number of aromatic nitrogens is 4. The fourth-order valence-electron chi connectivity index (χ4n) is 3.51. The molecule has 2 N–H and O–H groups in total. The van der Waals surface area contributed by atoms with Crippen molar-refractivity contribution in [1.82, 2.24) is 19.6 Å². The molecule has 0 bridgehead atoms. The van der Waals surface area contributed by atoms with Crippen LogP contribution < -0.4 is 10.6 Å². The Morgan fingerprint density at radius 2 is 1.78 bits per heavy atom. The lowest BCUT2D eigenvalue weighted by Crippen LogP contribution is -2.19. The van der Waals surface area contributed by atoms with Crippen molar-refractivity contribution in [3.8, 4) is 0 Å². The normalized spacial score (nSPS) is 10.9. The highest BCUT2D eigenvalue weighted by molar-refractivity contribution is 7.80. The first kappa shape index (κ1) is 22.0. The minimum Gasteiger partial charge on any atom is -0.330 e. The summed E-state index contributed by atoms with van der Waals surface area (Å²) in [7, 11) is 0. The smallest absolute Gasteiger partial charge is 0.175 e. The maximum atomic E-state index is 6.11. The van der Waals surface area contributed by atoms with Crippen molar-refractivity contribution in [3.05, 3.63) is 94.0 Å². The van der Waals surface area contributed by atoms with Gasteiger partial charge in [-0.05, 0) is 56.2 Å². The first-order valence-corrected chi connectivity index (χ1v) is 11.1. The highest BCUT2D eigenvalue weighted by Gasteiger charge is 2.14. The summed E-state index contributed by atoms with van der Waals surface area (Å²) in [5.74, 6) is 0. The van der Waals surface area contributed by atoms with Crippen molar-refractivity contribution in [1.29, 1.82) is 0 Å². The van der Waals surface area contributed by atoms with Gasteiger partial charge in [0.2, 0.25) is 0 Å². The maximum absolute atomic E-state index is 6.11. The third-order valence-electron chi connectivity index (χ3n) is 5.20. The van der Waals surface area contributed by atoms with Gasteiger partial charge in [0, 0.05) is 11.2 Å². The maximum Gasteiger partial charge on any atom is 0.175 e. The van der Waals surface area contributed by atoms with Crippen LogP contribution in [0.25, 0.3) is 0 Å². The van der Waals surface area contributed by atoms with Crippen LogP contribution in [-0.2, 0) is 13.1 Å². The Bertz CT molecular complexity index is 1240. The molecule has 2 heterocycles. The molecule has 0 aliphatic carbocycles. The number of benzene rings is 2. The van der Waals surface area contributed by atoms with E-state index in [-0.39, 0.29) is 0 Å². The number of hydrogen-bond acceptors (Lipinski definition) is 3. The lowest BCUT2D eigenvalue weighted by atomic mass is 10.1. The van der Waals surface area contributed by atoms with Crippen LogP contribution in [0.15, 0.2) is 60.9 Å². The topological polar surface area (TPSA) is 59.7 Å². The van der Waals surface area contributed by atoms with E-state index < -0.39 is 0 Å². The summed E-state index contributed by atoms with van der Waals surface area (Å²) in [4.78, 5) is 0. The van der Waals surface area contributed by atoms with Crippen molar-refractivity contribution in [3.63, 3.8) is 0 Å². The minimum atomic E-state index is 0.494. The van der Waals surface area contributed by atoms with Crippen molar-refractivity contribution >= 4 is 40.3 Å². The molecule has 2 aromatic carbocycles. The molecule has 0 aliphatic rings. The molecule has 0 radical (unpaired) electrons. The van der Waals surface area contributed by atoms with Gasteiger partial charge in [-0.15, -0.1) is 0 Å². The number of nitrogens with zero attached hydrogens (tertiary/aromatic N) is 4. The molecule has 4 aromatic rings. The van der Waals surface area contributed by atoms with E-state index in [9.17, 15) is 0 Å². The Morgan fingerprint density at radius 3 is 2.53 bits per heavy atom. The Balaban J connectivity index is 1.39. The molecule has 0 fully saturated rings. The molecular weight excluding hydrogens is 440 g/mol. The molecule has 4 rings (SSSR count). The second kappa shape index (κ2) is 9.54. The van der Waals surface area contributed by atoms with Crippen LogP contribution in [0.4, 0.5) is 11.4 Å². The van der Waals surface area contributed by atoms with Crippen molar-refractivity contribution in [2.24, 2.45) is 0 Å². The van der Waals surface area contributed by atoms with E-state index in [4.69, 9.17) is 23.8 Å². The highest BCUT2D eigenvalue weighted by atomic mass is 35.5. The monoisotopic (exact) mass is 464 g/mol. The van der Waals surface area contributed by atoms with E-state index in [0.29, 0.717) is 18.2 Å². The molecule has 0 atom stereocenters. The molecule has 0 unspecified atom stereocenters. The van der Waals surface area contributed by atoms with Gasteiger partial charge in [-0.3, -0.25) is 9.36 Å². The van der Waals surface area contributed by atoms with Gasteiger partial charge in [0.25, 0.3) is 0 Å². The predicted octanol–water partition coefficient (Wildman–Crippen LogP) is 5.56. The van der Waals surface area contributed by atoms with E-state index >= 15 is 0 Å². The molecule has 0 saturated carbocycles. The van der Waals surface area contributed by atoms with Crippen LogP contribution in [-0.4, -0.2) is 24.7 Å². The Hall–Kier alpha value is -3.16. The third-order valence-corrected chi connectivity index (χ3v) is 5.64. The number of halogens is 1. The summed E-state index contributed by atoms with van der Waals surface area (Å²) < 4.78 is 3.83. The summed E-state index contributed by atoms with van der Waals surface area (Å²) in [6, 6.07) is 16.2. The lowest BCUT2D eigenvalue weighted by Gasteiger charge is -2.10. The fourth-order valence-corrected chi connectivity index (χ4v) is 3.94. The second-order valence-electron chi connectivity index (χ2n) is 7.82. The van der Waals surface area contributed by atoms with Crippen molar-refractivity contribution in [2.45, 2.75) is 33.9 Å². The van der Waals surface area contributed by atoms with Crippen LogP contribution in [0.2, 0.25) is 5.02 Å². The summed E-state index contributed by atoms with van der Waals surface area (Å²) in [5.41, 5.74) is 7.15. The van der Waals surface area contributed by atoms with E-state index in [1.54, 1.807) is 6.20 Å². The zero-order valence-corrected chi connectivity index (χ0v) is 19.8.